The van der Waals surface area contributed by atoms with Crippen LogP contribution in [0.3, 0.4) is 0 Å². The number of carbonyl (C=O) groups is 1. The van der Waals surface area contributed by atoms with Gasteiger partial charge in [-0.05, 0) is 71.0 Å². The monoisotopic (exact) mass is 525 g/mol. The number of rotatable bonds is 5. The maximum atomic E-state index is 12.4. The third-order valence-corrected chi connectivity index (χ3v) is 7.35. The SMILES string of the molecule is CC(C)(C)OC(=O)N1CCC(CN2CCCC(Nc3ncc(Cl)c(-c4c[nH]c5ncccc45)n3)C2)CC1. The lowest BCUT2D eigenvalue weighted by molar-refractivity contribution is 0.0166. The molecule has 9 nitrogen and oxygen atoms in total. The standard InChI is InChI=1S/C27H36ClN7O2/c1-27(2,3)37-26(36)35-12-8-18(9-13-35)16-34-11-5-6-19(17-34)32-25-31-15-22(28)23(33-25)21-14-30-24-20(21)7-4-10-29-24/h4,7,10,14-15,18-19H,5-6,8-9,11-13,16-17H2,1-3H3,(H,29,30)(H,31,32,33). The summed E-state index contributed by atoms with van der Waals surface area (Å²) in [7, 11) is 0. The summed E-state index contributed by atoms with van der Waals surface area (Å²) < 4.78 is 5.54. The number of aromatic amines is 1. The normalized spacial score (nSPS) is 19.8. The third kappa shape index (κ3) is 6.33. The highest BCUT2D eigenvalue weighted by molar-refractivity contribution is 6.33. The summed E-state index contributed by atoms with van der Waals surface area (Å²) in [6, 6.07) is 4.19. The van der Waals surface area contributed by atoms with Crippen LogP contribution >= 0.6 is 11.6 Å². The Balaban J connectivity index is 1.17. The quantitative estimate of drug-likeness (QED) is 0.472. The first-order chi connectivity index (χ1) is 17.7. The number of likely N-dealkylation sites (tertiary alicyclic amines) is 2. The number of nitrogens with one attached hydrogen (secondary N) is 2. The van der Waals surface area contributed by atoms with Crippen LogP contribution in [-0.2, 0) is 4.74 Å². The number of halogens is 1. The lowest BCUT2D eigenvalue weighted by atomic mass is 9.95. The molecule has 3 aromatic rings. The second-order valence-electron chi connectivity index (χ2n) is 11.1. The smallest absolute Gasteiger partial charge is 0.410 e. The zero-order valence-corrected chi connectivity index (χ0v) is 22.6. The van der Waals surface area contributed by atoms with Crippen molar-refractivity contribution in [1.29, 1.82) is 0 Å². The summed E-state index contributed by atoms with van der Waals surface area (Å²) in [5, 5.41) is 5.05. The fourth-order valence-electron chi connectivity index (χ4n) is 5.29. The van der Waals surface area contributed by atoms with Gasteiger partial charge in [0.25, 0.3) is 0 Å². The number of carbonyl (C=O) groups excluding carboxylic acids is 1. The number of anilines is 1. The predicted molar refractivity (Wildman–Crippen MR) is 146 cm³/mol. The van der Waals surface area contributed by atoms with Gasteiger partial charge in [0, 0.05) is 55.6 Å². The summed E-state index contributed by atoms with van der Waals surface area (Å²) >= 11 is 6.50. The molecule has 1 amide bonds. The van der Waals surface area contributed by atoms with E-state index in [0.29, 0.717) is 22.6 Å². The number of fused-ring (bicyclic) bond motifs is 1. The van der Waals surface area contributed by atoms with Gasteiger partial charge in [0.05, 0.1) is 16.9 Å². The molecule has 2 N–H and O–H groups in total. The van der Waals surface area contributed by atoms with E-state index in [0.717, 1.165) is 75.0 Å². The maximum Gasteiger partial charge on any atom is 0.410 e. The number of hydrogen-bond acceptors (Lipinski definition) is 7. The van der Waals surface area contributed by atoms with E-state index in [1.54, 1.807) is 12.4 Å². The number of aromatic nitrogens is 4. The summed E-state index contributed by atoms with van der Waals surface area (Å²) in [4.78, 5) is 33.6. The van der Waals surface area contributed by atoms with E-state index >= 15 is 0 Å². The Hall–Kier alpha value is -2.91. The Bertz CT molecular complexity index is 1230. The molecule has 2 aliphatic rings. The van der Waals surface area contributed by atoms with Gasteiger partial charge in [0.2, 0.25) is 5.95 Å². The average Bonchev–Trinajstić information content (AvgIpc) is 3.29. The van der Waals surface area contributed by atoms with Gasteiger partial charge in [0.1, 0.15) is 11.2 Å². The van der Waals surface area contributed by atoms with Crippen molar-refractivity contribution in [2.24, 2.45) is 5.92 Å². The first kappa shape index (κ1) is 25.7. The van der Waals surface area contributed by atoms with Crippen molar-refractivity contribution in [1.82, 2.24) is 29.7 Å². The molecule has 2 saturated heterocycles. The molecular weight excluding hydrogens is 490 g/mol. The van der Waals surface area contributed by atoms with E-state index in [1.807, 2.05) is 44.0 Å². The van der Waals surface area contributed by atoms with E-state index in [-0.39, 0.29) is 12.1 Å². The highest BCUT2D eigenvalue weighted by Gasteiger charge is 2.29. The summed E-state index contributed by atoms with van der Waals surface area (Å²) in [6.07, 6.45) is 9.35. The molecule has 5 heterocycles. The number of nitrogens with zero attached hydrogens (tertiary/aromatic N) is 5. The van der Waals surface area contributed by atoms with Crippen LogP contribution in [0.1, 0.15) is 46.5 Å². The first-order valence-electron chi connectivity index (χ1n) is 13.2. The van der Waals surface area contributed by atoms with Crippen molar-refractivity contribution >= 4 is 34.7 Å². The molecule has 3 aromatic heterocycles. The van der Waals surface area contributed by atoms with Crippen molar-refractivity contribution < 1.29 is 9.53 Å². The topological polar surface area (TPSA) is 99.3 Å². The van der Waals surface area contributed by atoms with Gasteiger partial charge in [-0.3, -0.25) is 0 Å². The van der Waals surface area contributed by atoms with Gasteiger partial charge in [-0.25, -0.2) is 19.7 Å². The van der Waals surface area contributed by atoms with Crippen molar-refractivity contribution in [3.63, 3.8) is 0 Å². The molecule has 5 rings (SSSR count). The van der Waals surface area contributed by atoms with E-state index in [4.69, 9.17) is 21.3 Å². The van der Waals surface area contributed by atoms with Crippen LogP contribution in [0, 0.1) is 5.92 Å². The number of H-pyrrole nitrogens is 1. The second-order valence-corrected chi connectivity index (χ2v) is 11.6. The van der Waals surface area contributed by atoms with Crippen LogP contribution < -0.4 is 5.32 Å². The highest BCUT2D eigenvalue weighted by atomic mass is 35.5. The molecule has 0 radical (unpaired) electrons. The maximum absolute atomic E-state index is 12.4. The van der Waals surface area contributed by atoms with Gasteiger partial charge < -0.3 is 24.8 Å². The molecule has 10 heteroatoms. The fourth-order valence-corrected chi connectivity index (χ4v) is 5.48. The van der Waals surface area contributed by atoms with Crippen LogP contribution in [-0.4, -0.2) is 80.2 Å². The number of ether oxygens (including phenoxy) is 1. The lowest BCUT2D eigenvalue weighted by Gasteiger charge is -2.38. The van der Waals surface area contributed by atoms with Crippen LogP contribution in [0.15, 0.2) is 30.7 Å². The largest absolute Gasteiger partial charge is 0.444 e. The van der Waals surface area contributed by atoms with Crippen molar-refractivity contribution in [2.75, 3.05) is 38.0 Å². The van der Waals surface area contributed by atoms with Gasteiger partial charge in [-0.2, -0.15) is 0 Å². The molecule has 0 saturated carbocycles. The van der Waals surface area contributed by atoms with E-state index in [2.05, 4.69) is 25.2 Å². The average molecular weight is 526 g/mol. The Morgan fingerprint density at radius 3 is 2.81 bits per heavy atom. The van der Waals surface area contributed by atoms with Crippen LogP contribution in [0.25, 0.3) is 22.3 Å². The number of piperidine rings is 2. The molecule has 0 aliphatic carbocycles. The van der Waals surface area contributed by atoms with Gasteiger partial charge in [-0.15, -0.1) is 0 Å². The summed E-state index contributed by atoms with van der Waals surface area (Å²) in [5.41, 5.74) is 1.97. The van der Waals surface area contributed by atoms with Crippen LogP contribution in [0.4, 0.5) is 10.7 Å². The molecule has 0 aromatic carbocycles. The minimum Gasteiger partial charge on any atom is -0.444 e. The highest BCUT2D eigenvalue weighted by Crippen LogP contribution is 2.32. The summed E-state index contributed by atoms with van der Waals surface area (Å²) in [6.45, 7) is 10.4. The predicted octanol–water partition coefficient (Wildman–Crippen LogP) is 5.20. The van der Waals surface area contributed by atoms with Crippen molar-refractivity contribution in [3.05, 3.63) is 35.7 Å². The lowest BCUT2D eigenvalue weighted by Crippen LogP contribution is -2.47. The van der Waals surface area contributed by atoms with Gasteiger partial charge in [0.15, 0.2) is 0 Å². The van der Waals surface area contributed by atoms with E-state index < -0.39 is 5.60 Å². The molecule has 1 unspecified atom stereocenters. The van der Waals surface area contributed by atoms with E-state index in [9.17, 15) is 4.79 Å². The third-order valence-electron chi connectivity index (χ3n) is 7.07. The van der Waals surface area contributed by atoms with Gasteiger partial charge >= 0.3 is 6.09 Å². The van der Waals surface area contributed by atoms with E-state index in [1.165, 1.54) is 0 Å². The summed E-state index contributed by atoms with van der Waals surface area (Å²) in [5.74, 6) is 1.18. The molecule has 2 aliphatic heterocycles. The Morgan fingerprint density at radius 2 is 2.03 bits per heavy atom. The zero-order valence-electron chi connectivity index (χ0n) is 21.8. The van der Waals surface area contributed by atoms with Gasteiger partial charge in [-0.1, -0.05) is 11.6 Å². The Kier molecular flexibility index (Phi) is 7.53. The minimum absolute atomic E-state index is 0.195. The number of amides is 1. The Morgan fingerprint density at radius 1 is 1.22 bits per heavy atom. The molecule has 1 atom stereocenters. The molecule has 37 heavy (non-hydrogen) atoms. The first-order valence-corrected chi connectivity index (χ1v) is 13.5. The number of hydrogen-bond donors (Lipinski definition) is 2. The molecular formula is C27H36ClN7O2. The Labute approximate surface area is 223 Å². The molecule has 0 bridgehead atoms. The molecule has 2 fully saturated rings. The van der Waals surface area contributed by atoms with Crippen LogP contribution in [0.5, 0.6) is 0 Å². The zero-order chi connectivity index (χ0) is 26.0. The second kappa shape index (κ2) is 10.8. The van der Waals surface area contributed by atoms with Crippen molar-refractivity contribution in [3.8, 4) is 11.3 Å². The fraction of sp³-hybridized carbons (Fsp3) is 0.556. The number of pyridine rings is 1. The minimum atomic E-state index is -0.453. The molecule has 0 spiro atoms. The van der Waals surface area contributed by atoms with Crippen LogP contribution in [0.2, 0.25) is 5.02 Å². The van der Waals surface area contributed by atoms with Crippen molar-refractivity contribution in [2.45, 2.75) is 58.1 Å². The molecule has 198 valence electrons.